The van der Waals surface area contributed by atoms with Gasteiger partial charge in [0.1, 0.15) is 0 Å². The molecule has 8 heteroatoms. The number of hydrogen-bond acceptors (Lipinski definition) is 5. The summed E-state index contributed by atoms with van der Waals surface area (Å²) < 4.78 is 5.22. The highest BCUT2D eigenvalue weighted by Crippen LogP contribution is 2.17. The van der Waals surface area contributed by atoms with E-state index in [1.807, 2.05) is 0 Å². The largest absolute Gasteiger partial charge is 0.449 e. The highest BCUT2D eigenvalue weighted by Gasteiger charge is 2.21. The highest BCUT2D eigenvalue weighted by molar-refractivity contribution is 6.04. The second-order valence-electron chi connectivity index (χ2n) is 6.07. The number of carbonyl (C=O) groups excluding carboxylic acids is 3. The Morgan fingerprint density at radius 1 is 1.07 bits per heavy atom. The lowest BCUT2D eigenvalue weighted by atomic mass is 10.1. The maximum atomic E-state index is 12.5. The molecular formula is C20H17N3O5. The molecule has 0 saturated heterocycles. The van der Waals surface area contributed by atoms with Crippen LogP contribution in [0, 0.1) is 0 Å². The number of aromatic nitrogens is 1. The average molecular weight is 379 g/mol. The van der Waals surface area contributed by atoms with Gasteiger partial charge < -0.3 is 20.8 Å². The van der Waals surface area contributed by atoms with Crippen LogP contribution < -0.4 is 16.6 Å². The Balaban J connectivity index is 1.73. The quantitative estimate of drug-likeness (QED) is 0.582. The zero-order valence-corrected chi connectivity index (χ0v) is 14.9. The van der Waals surface area contributed by atoms with Gasteiger partial charge in [-0.05, 0) is 37.3 Å². The standard InChI is InChI=1S/C20H17N3O5/c1-11(19(26)22-13-8-6-12(7-9-13)18(21)25)28-20(27)15-10-17(24)23-16-5-3-2-4-14(15)16/h2-11H,1H3,(H2,21,25)(H,22,26)(H,23,24). The zero-order valence-electron chi connectivity index (χ0n) is 14.9. The molecule has 1 atom stereocenters. The van der Waals surface area contributed by atoms with Gasteiger partial charge in [0, 0.05) is 28.2 Å². The van der Waals surface area contributed by atoms with Crippen LogP contribution in [-0.2, 0) is 9.53 Å². The molecule has 1 heterocycles. The van der Waals surface area contributed by atoms with E-state index >= 15 is 0 Å². The molecule has 3 rings (SSSR count). The topological polar surface area (TPSA) is 131 Å². The maximum Gasteiger partial charge on any atom is 0.339 e. The van der Waals surface area contributed by atoms with E-state index in [0.29, 0.717) is 22.2 Å². The van der Waals surface area contributed by atoms with E-state index in [-0.39, 0.29) is 5.56 Å². The summed E-state index contributed by atoms with van der Waals surface area (Å²) >= 11 is 0. The van der Waals surface area contributed by atoms with Crippen molar-refractivity contribution in [3.8, 4) is 0 Å². The van der Waals surface area contributed by atoms with Crippen LogP contribution in [0.3, 0.4) is 0 Å². The van der Waals surface area contributed by atoms with Gasteiger partial charge in [-0.3, -0.25) is 14.4 Å². The third-order valence-corrected chi connectivity index (χ3v) is 4.06. The molecule has 0 aliphatic heterocycles. The van der Waals surface area contributed by atoms with Crippen LogP contribution in [0.15, 0.2) is 59.4 Å². The van der Waals surface area contributed by atoms with Crippen molar-refractivity contribution < 1.29 is 19.1 Å². The molecule has 3 aromatic rings. The molecule has 1 aromatic heterocycles. The first-order valence-corrected chi connectivity index (χ1v) is 8.39. The predicted octanol–water partition coefficient (Wildman–Crippen LogP) is 1.81. The fourth-order valence-corrected chi connectivity index (χ4v) is 2.61. The molecule has 0 radical (unpaired) electrons. The number of esters is 1. The van der Waals surface area contributed by atoms with E-state index in [1.165, 1.54) is 31.2 Å². The first kappa shape index (κ1) is 18.8. The number of fused-ring (bicyclic) bond motifs is 1. The number of aromatic amines is 1. The molecule has 0 fully saturated rings. The summed E-state index contributed by atoms with van der Waals surface area (Å²) in [5.74, 6) is -1.92. The Labute approximate surface area is 159 Å². The minimum Gasteiger partial charge on any atom is -0.449 e. The second kappa shape index (κ2) is 7.75. The maximum absolute atomic E-state index is 12.5. The summed E-state index contributed by atoms with van der Waals surface area (Å²) in [7, 11) is 0. The fraction of sp³-hybridized carbons (Fsp3) is 0.100. The molecule has 142 valence electrons. The molecule has 0 aliphatic carbocycles. The van der Waals surface area contributed by atoms with Crippen molar-refractivity contribution in [2.75, 3.05) is 5.32 Å². The third kappa shape index (κ3) is 4.07. The van der Waals surface area contributed by atoms with Gasteiger partial charge >= 0.3 is 5.97 Å². The van der Waals surface area contributed by atoms with E-state index in [4.69, 9.17) is 10.5 Å². The average Bonchev–Trinajstić information content (AvgIpc) is 2.67. The molecular weight excluding hydrogens is 362 g/mol. The van der Waals surface area contributed by atoms with Gasteiger partial charge in [-0.25, -0.2) is 4.79 Å². The molecule has 2 aromatic carbocycles. The van der Waals surface area contributed by atoms with Crippen molar-refractivity contribution >= 4 is 34.4 Å². The summed E-state index contributed by atoms with van der Waals surface area (Å²) in [4.78, 5) is 50.2. The van der Waals surface area contributed by atoms with Gasteiger partial charge in [-0.15, -0.1) is 0 Å². The number of benzene rings is 2. The van der Waals surface area contributed by atoms with E-state index in [1.54, 1.807) is 24.3 Å². The van der Waals surface area contributed by atoms with Crippen LogP contribution in [0.1, 0.15) is 27.6 Å². The Hall–Kier alpha value is -3.94. The molecule has 28 heavy (non-hydrogen) atoms. The summed E-state index contributed by atoms with van der Waals surface area (Å²) in [6.45, 7) is 1.42. The van der Waals surface area contributed by atoms with Crippen molar-refractivity contribution in [3.63, 3.8) is 0 Å². The third-order valence-electron chi connectivity index (χ3n) is 4.06. The SMILES string of the molecule is CC(OC(=O)c1cc(=O)[nH]c2ccccc12)C(=O)Nc1ccc(C(N)=O)cc1. The van der Waals surface area contributed by atoms with Gasteiger partial charge in [-0.2, -0.15) is 0 Å². The first-order valence-electron chi connectivity index (χ1n) is 8.39. The van der Waals surface area contributed by atoms with Crippen LogP contribution in [0.25, 0.3) is 10.9 Å². The van der Waals surface area contributed by atoms with Crippen LogP contribution in [0.5, 0.6) is 0 Å². The van der Waals surface area contributed by atoms with E-state index in [2.05, 4.69) is 10.3 Å². The number of pyridine rings is 1. The van der Waals surface area contributed by atoms with Gasteiger partial charge in [0.25, 0.3) is 5.91 Å². The van der Waals surface area contributed by atoms with Crippen molar-refractivity contribution in [1.29, 1.82) is 0 Å². The summed E-state index contributed by atoms with van der Waals surface area (Å²) in [5, 5.41) is 3.09. The van der Waals surface area contributed by atoms with Crippen molar-refractivity contribution in [2.24, 2.45) is 5.73 Å². The number of primary amides is 1. The molecule has 2 amide bonds. The lowest BCUT2D eigenvalue weighted by molar-refractivity contribution is -0.123. The van der Waals surface area contributed by atoms with Crippen LogP contribution in [0.2, 0.25) is 0 Å². The van der Waals surface area contributed by atoms with Gasteiger partial charge in [-0.1, -0.05) is 18.2 Å². The Morgan fingerprint density at radius 2 is 1.75 bits per heavy atom. The Kier molecular flexibility index (Phi) is 5.21. The number of rotatable bonds is 5. The smallest absolute Gasteiger partial charge is 0.339 e. The predicted molar refractivity (Wildman–Crippen MR) is 103 cm³/mol. The monoisotopic (exact) mass is 379 g/mol. The van der Waals surface area contributed by atoms with E-state index in [0.717, 1.165) is 6.07 Å². The van der Waals surface area contributed by atoms with Gasteiger partial charge in [0.05, 0.1) is 5.56 Å². The number of hydrogen-bond donors (Lipinski definition) is 3. The summed E-state index contributed by atoms with van der Waals surface area (Å²) in [5.41, 5.74) is 6.01. The first-order chi connectivity index (χ1) is 13.3. The lowest BCUT2D eigenvalue weighted by Gasteiger charge is -2.14. The highest BCUT2D eigenvalue weighted by atomic mass is 16.5. The number of amides is 2. The number of anilines is 1. The van der Waals surface area contributed by atoms with Crippen molar-refractivity contribution in [2.45, 2.75) is 13.0 Å². The molecule has 0 bridgehead atoms. The minimum absolute atomic E-state index is 0.0739. The molecule has 8 nitrogen and oxygen atoms in total. The van der Waals surface area contributed by atoms with Crippen LogP contribution in [-0.4, -0.2) is 28.9 Å². The Morgan fingerprint density at radius 3 is 2.43 bits per heavy atom. The number of para-hydroxylation sites is 1. The van der Waals surface area contributed by atoms with Crippen molar-refractivity contribution in [1.82, 2.24) is 4.98 Å². The van der Waals surface area contributed by atoms with E-state index < -0.39 is 29.4 Å². The summed E-state index contributed by atoms with van der Waals surface area (Å²) in [6.07, 6.45) is -1.11. The van der Waals surface area contributed by atoms with Crippen LogP contribution in [0.4, 0.5) is 5.69 Å². The molecule has 0 spiro atoms. The number of nitrogens with one attached hydrogen (secondary N) is 2. The number of nitrogens with two attached hydrogens (primary N) is 1. The van der Waals surface area contributed by atoms with E-state index in [9.17, 15) is 19.2 Å². The Bertz CT molecular complexity index is 1120. The minimum atomic E-state index is -1.11. The molecule has 0 saturated carbocycles. The fourth-order valence-electron chi connectivity index (χ4n) is 2.61. The number of H-pyrrole nitrogens is 1. The summed E-state index contributed by atoms with van der Waals surface area (Å²) in [6, 6.07) is 13.9. The van der Waals surface area contributed by atoms with Gasteiger partial charge in [0.15, 0.2) is 6.10 Å². The second-order valence-corrected chi connectivity index (χ2v) is 6.07. The molecule has 1 unspecified atom stereocenters. The number of carbonyl (C=O) groups is 3. The van der Waals surface area contributed by atoms with Gasteiger partial charge in [0.2, 0.25) is 11.5 Å². The molecule has 4 N–H and O–H groups in total. The zero-order chi connectivity index (χ0) is 20.3. The van der Waals surface area contributed by atoms with Crippen LogP contribution >= 0.6 is 0 Å². The number of ether oxygens (including phenoxy) is 1. The van der Waals surface area contributed by atoms with Crippen molar-refractivity contribution in [3.05, 3.63) is 76.1 Å². The normalized spacial score (nSPS) is 11.6. The molecule has 0 aliphatic rings. The lowest BCUT2D eigenvalue weighted by Crippen LogP contribution is -2.30.